The third-order valence-corrected chi connectivity index (χ3v) is 1.96. The maximum absolute atomic E-state index is 8.92. The quantitative estimate of drug-likeness (QED) is 0.498. The number of methoxy groups -OCH3 is 1. The summed E-state index contributed by atoms with van der Waals surface area (Å²) >= 11 is 0. The molecule has 0 fully saturated rings. The van der Waals surface area contributed by atoms with E-state index < -0.39 is 0 Å². The van der Waals surface area contributed by atoms with E-state index in [2.05, 4.69) is 0 Å². The predicted molar refractivity (Wildman–Crippen MR) is 57.8 cm³/mol. The van der Waals surface area contributed by atoms with E-state index in [0.29, 0.717) is 26.4 Å². The fraction of sp³-hybridized carbons (Fsp3) is 1.00. The van der Waals surface area contributed by atoms with Crippen molar-refractivity contribution in [2.75, 3.05) is 40.1 Å². The van der Waals surface area contributed by atoms with Crippen LogP contribution in [0.3, 0.4) is 0 Å². The zero-order valence-corrected chi connectivity index (χ0v) is 9.65. The number of rotatable bonds is 10. The molecule has 0 saturated heterocycles. The van der Waals surface area contributed by atoms with Crippen LogP contribution < -0.4 is 5.73 Å². The Bertz CT molecular complexity index is 133. The summed E-state index contributed by atoms with van der Waals surface area (Å²) in [6.45, 7) is 4.19. The number of hydrogen-bond donors (Lipinski definition) is 2. The van der Waals surface area contributed by atoms with Crippen LogP contribution in [0.4, 0.5) is 0 Å². The molecule has 0 bridgehead atoms. The molecule has 0 aliphatic carbocycles. The van der Waals surface area contributed by atoms with Gasteiger partial charge in [-0.15, -0.1) is 0 Å². The third-order valence-electron chi connectivity index (χ3n) is 1.96. The summed E-state index contributed by atoms with van der Waals surface area (Å²) in [5.41, 5.74) is 5.59. The topological polar surface area (TPSA) is 73.9 Å². The zero-order valence-electron chi connectivity index (χ0n) is 9.65. The monoisotopic (exact) mass is 221 g/mol. The van der Waals surface area contributed by atoms with Crippen LogP contribution in [0.1, 0.15) is 13.3 Å². The lowest BCUT2D eigenvalue weighted by molar-refractivity contribution is -0.0115. The van der Waals surface area contributed by atoms with Gasteiger partial charge in [-0.05, 0) is 13.3 Å². The number of nitrogens with two attached hydrogens (primary N) is 1. The van der Waals surface area contributed by atoms with Crippen molar-refractivity contribution in [3.05, 3.63) is 0 Å². The van der Waals surface area contributed by atoms with E-state index in [9.17, 15) is 0 Å². The van der Waals surface area contributed by atoms with Gasteiger partial charge in [0.05, 0.1) is 25.9 Å². The fourth-order valence-corrected chi connectivity index (χ4v) is 1.01. The van der Waals surface area contributed by atoms with Gasteiger partial charge in [-0.25, -0.2) is 0 Å². The van der Waals surface area contributed by atoms with Crippen molar-refractivity contribution in [2.24, 2.45) is 5.73 Å². The highest BCUT2D eigenvalue weighted by atomic mass is 16.5. The minimum absolute atomic E-state index is 0.0395. The van der Waals surface area contributed by atoms with Gasteiger partial charge in [0.1, 0.15) is 0 Å². The molecule has 0 rings (SSSR count). The Morgan fingerprint density at radius 1 is 1.20 bits per heavy atom. The number of aliphatic hydroxyl groups excluding tert-OH is 1. The SMILES string of the molecule is COCCOCCCOC(CO)C(C)N. The molecule has 0 aromatic heterocycles. The Hall–Kier alpha value is -0.200. The van der Waals surface area contributed by atoms with E-state index in [-0.39, 0.29) is 18.8 Å². The van der Waals surface area contributed by atoms with Crippen molar-refractivity contribution < 1.29 is 19.3 Å². The lowest BCUT2D eigenvalue weighted by Gasteiger charge is -2.18. The smallest absolute Gasteiger partial charge is 0.0953 e. The molecule has 2 atom stereocenters. The lowest BCUT2D eigenvalue weighted by atomic mass is 10.2. The molecule has 0 aromatic rings. The molecule has 0 aliphatic heterocycles. The molecule has 2 unspecified atom stereocenters. The van der Waals surface area contributed by atoms with Crippen LogP contribution in [0, 0.1) is 0 Å². The molecule has 0 radical (unpaired) electrons. The molecule has 15 heavy (non-hydrogen) atoms. The average Bonchev–Trinajstić information content (AvgIpc) is 2.21. The van der Waals surface area contributed by atoms with Gasteiger partial charge in [-0.1, -0.05) is 0 Å². The number of ether oxygens (including phenoxy) is 3. The highest BCUT2D eigenvalue weighted by Crippen LogP contribution is 1.97. The first-order chi connectivity index (χ1) is 7.22. The lowest BCUT2D eigenvalue weighted by Crippen LogP contribution is -2.37. The molecule has 5 nitrogen and oxygen atoms in total. The van der Waals surface area contributed by atoms with Crippen LogP contribution in [0.2, 0.25) is 0 Å². The largest absolute Gasteiger partial charge is 0.394 e. The van der Waals surface area contributed by atoms with Crippen molar-refractivity contribution in [2.45, 2.75) is 25.5 Å². The highest BCUT2D eigenvalue weighted by Gasteiger charge is 2.11. The summed E-state index contributed by atoms with van der Waals surface area (Å²) in [5.74, 6) is 0. The van der Waals surface area contributed by atoms with Gasteiger partial charge < -0.3 is 25.1 Å². The van der Waals surface area contributed by atoms with Crippen LogP contribution in [0.5, 0.6) is 0 Å². The van der Waals surface area contributed by atoms with Crippen molar-refractivity contribution in [1.82, 2.24) is 0 Å². The van der Waals surface area contributed by atoms with Gasteiger partial charge in [0.25, 0.3) is 0 Å². The van der Waals surface area contributed by atoms with Gasteiger partial charge in [-0.2, -0.15) is 0 Å². The summed E-state index contributed by atoms with van der Waals surface area (Å²) < 4.78 is 15.5. The first kappa shape index (κ1) is 14.8. The van der Waals surface area contributed by atoms with Crippen molar-refractivity contribution in [3.8, 4) is 0 Å². The maximum atomic E-state index is 8.92. The molecule has 0 spiro atoms. The van der Waals surface area contributed by atoms with Crippen molar-refractivity contribution in [1.29, 1.82) is 0 Å². The van der Waals surface area contributed by atoms with Gasteiger partial charge in [0.15, 0.2) is 0 Å². The summed E-state index contributed by atoms with van der Waals surface area (Å²) in [5, 5.41) is 8.92. The second-order valence-electron chi connectivity index (χ2n) is 3.41. The van der Waals surface area contributed by atoms with Crippen molar-refractivity contribution >= 4 is 0 Å². The standard InChI is InChI=1S/C10H23NO4/c1-9(11)10(8-12)15-5-3-4-14-7-6-13-2/h9-10,12H,3-8,11H2,1-2H3. The van der Waals surface area contributed by atoms with Gasteiger partial charge >= 0.3 is 0 Å². The number of aliphatic hydroxyl groups is 1. The molecule has 92 valence electrons. The van der Waals surface area contributed by atoms with Gasteiger partial charge in [0.2, 0.25) is 0 Å². The second kappa shape index (κ2) is 10.3. The van der Waals surface area contributed by atoms with E-state index >= 15 is 0 Å². The van der Waals surface area contributed by atoms with Crippen molar-refractivity contribution in [3.63, 3.8) is 0 Å². The molecular formula is C10H23NO4. The van der Waals surface area contributed by atoms with Crippen LogP contribution in [0.15, 0.2) is 0 Å². The summed E-state index contributed by atoms with van der Waals surface area (Å²) in [6.07, 6.45) is 0.524. The second-order valence-corrected chi connectivity index (χ2v) is 3.41. The first-order valence-electron chi connectivity index (χ1n) is 5.27. The summed E-state index contributed by atoms with van der Waals surface area (Å²) in [4.78, 5) is 0. The third kappa shape index (κ3) is 8.77. The fourth-order valence-electron chi connectivity index (χ4n) is 1.01. The Labute approximate surface area is 91.5 Å². The van der Waals surface area contributed by atoms with E-state index in [1.165, 1.54) is 0 Å². The van der Waals surface area contributed by atoms with Crippen LogP contribution >= 0.6 is 0 Å². The van der Waals surface area contributed by atoms with E-state index in [4.69, 9.17) is 25.1 Å². The summed E-state index contributed by atoms with van der Waals surface area (Å²) in [7, 11) is 1.64. The molecule has 3 N–H and O–H groups in total. The minimum Gasteiger partial charge on any atom is -0.394 e. The molecule has 5 heteroatoms. The maximum Gasteiger partial charge on any atom is 0.0953 e. The molecular weight excluding hydrogens is 198 g/mol. The highest BCUT2D eigenvalue weighted by molar-refractivity contribution is 4.66. The minimum atomic E-state index is -0.274. The Morgan fingerprint density at radius 2 is 1.93 bits per heavy atom. The van der Waals surface area contributed by atoms with Gasteiger partial charge in [-0.3, -0.25) is 0 Å². The number of hydrogen-bond acceptors (Lipinski definition) is 5. The molecule has 0 heterocycles. The van der Waals surface area contributed by atoms with Gasteiger partial charge in [0, 0.05) is 26.4 Å². The Morgan fingerprint density at radius 3 is 2.47 bits per heavy atom. The zero-order chi connectivity index (χ0) is 11.5. The van der Waals surface area contributed by atoms with Crippen LogP contribution in [-0.2, 0) is 14.2 Å². The Balaban J connectivity index is 3.22. The molecule has 0 aromatic carbocycles. The first-order valence-corrected chi connectivity index (χ1v) is 5.27. The van der Waals surface area contributed by atoms with Crippen LogP contribution in [0.25, 0.3) is 0 Å². The predicted octanol–water partition coefficient (Wildman–Crippen LogP) is -0.236. The molecule has 0 aliphatic rings. The average molecular weight is 221 g/mol. The normalized spacial score (nSPS) is 15.2. The Kier molecular flexibility index (Phi) is 10.2. The molecule has 0 amide bonds. The summed E-state index contributed by atoms with van der Waals surface area (Å²) in [6, 6.07) is -0.149. The van der Waals surface area contributed by atoms with E-state index in [0.717, 1.165) is 6.42 Å². The van der Waals surface area contributed by atoms with E-state index in [1.807, 2.05) is 6.92 Å². The van der Waals surface area contributed by atoms with E-state index in [1.54, 1.807) is 7.11 Å². The van der Waals surface area contributed by atoms with Crippen LogP contribution in [-0.4, -0.2) is 57.4 Å². The molecule has 0 saturated carbocycles.